The molecule has 29 heavy (non-hydrogen) atoms. The molecule has 2 heterocycles. The van der Waals surface area contributed by atoms with Crippen LogP contribution in [0.2, 0.25) is 0 Å². The van der Waals surface area contributed by atoms with E-state index < -0.39 is 0 Å². The van der Waals surface area contributed by atoms with Gasteiger partial charge < -0.3 is 0 Å². The molecular weight excluding hydrogens is 358 g/mol. The van der Waals surface area contributed by atoms with Crippen molar-refractivity contribution in [3.05, 3.63) is 24.4 Å². The van der Waals surface area contributed by atoms with E-state index in [1.807, 2.05) is 18.2 Å². The van der Waals surface area contributed by atoms with Gasteiger partial charge in [0.15, 0.2) is 0 Å². The zero-order valence-electron chi connectivity index (χ0n) is 18.6. The first-order chi connectivity index (χ1) is 14.4. The van der Waals surface area contributed by atoms with Crippen molar-refractivity contribution in [3.63, 3.8) is 0 Å². The number of unbranched alkanes of at least 4 members (excludes halogenated alkanes) is 15. The molecule has 0 saturated carbocycles. The molecule has 0 radical (unpaired) electrons. The first kappa shape index (κ1) is 23.5. The highest BCUT2D eigenvalue weighted by Gasteiger charge is 2.06. The highest BCUT2D eigenvalue weighted by molar-refractivity contribution is 5.46. The number of nitrogens with zero attached hydrogens (tertiary/aromatic N) is 5. The summed E-state index contributed by atoms with van der Waals surface area (Å²) in [6.07, 6.45) is 23.9. The maximum absolute atomic E-state index is 4.42. The first-order valence-corrected chi connectivity index (χ1v) is 12.1. The van der Waals surface area contributed by atoms with Crippen molar-refractivity contribution >= 4 is 0 Å². The second kappa shape index (κ2) is 16.1. The summed E-state index contributed by atoms with van der Waals surface area (Å²) in [5.41, 5.74) is 0.783. The van der Waals surface area contributed by atoms with Gasteiger partial charge in [-0.1, -0.05) is 109 Å². The van der Waals surface area contributed by atoms with Gasteiger partial charge in [-0.15, -0.1) is 10.2 Å². The number of aromatic nitrogens is 5. The standard InChI is InChI=1S/C24H41N5/c1-2-3-4-5-6-7-8-9-10-11-12-13-14-15-16-19-22-29-27-24(26-28-29)23-20-17-18-21-25-23/h17-18,20-21H,2-16,19,22H2,1H3. The molecule has 0 spiro atoms. The quantitative estimate of drug-likeness (QED) is 0.253. The number of aryl methyl sites for hydroxylation is 1. The van der Waals surface area contributed by atoms with Crippen LogP contribution in [0.5, 0.6) is 0 Å². The lowest BCUT2D eigenvalue weighted by Gasteiger charge is -2.03. The van der Waals surface area contributed by atoms with Gasteiger partial charge in [-0.25, -0.2) is 0 Å². The largest absolute Gasteiger partial charge is 0.253 e. The van der Waals surface area contributed by atoms with Gasteiger partial charge in [-0.3, -0.25) is 4.98 Å². The maximum atomic E-state index is 4.42. The van der Waals surface area contributed by atoms with E-state index in [1.165, 1.54) is 96.3 Å². The van der Waals surface area contributed by atoms with Crippen LogP contribution in [0.15, 0.2) is 24.4 Å². The molecule has 162 valence electrons. The van der Waals surface area contributed by atoms with Gasteiger partial charge in [-0.2, -0.15) is 4.80 Å². The van der Waals surface area contributed by atoms with Crippen molar-refractivity contribution in [2.24, 2.45) is 0 Å². The Balaban J connectivity index is 1.35. The van der Waals surface area contributed by atoms with Gasteiger partial charge in [0, 0.05) is 6.20 Å². The molecule has 0 bridgehead atoms. The molecule has 5 nitrogen and oxygen atoms in total. The van der Waals surface area contributed by atoms with Crippen LogP contribution in [0.4, 0.5) is 0 Å². The van der Waals surface area contributed by atoms with Crippen LogP contribution in [-0.4, -0.2) is 25.2 Å². The van der Waals surface area contributed by atoms with E-state index in [2.05, 4.69) is 27.3 Å². The van der Waals surface area contributed by atoms with Gasteiger partial charge in [0.25, 0.3) is 0 Å². The Morgan fingerprint density at radius 1 is 0.690 bits per heavy atom. The summed E-state index contributed by atoms with van der Waals surface area (Å²) in [6.45, 7) is 3.13. The predicted molar refractivity (Wildman–Crippen MR) is 121 cm³/mol. The predicted octanol–water partition coefficient (Wildman–Crippen LogP) is 7.00. The molecule has 0 saturated heterocycles. The average Bonchev–Trinajstić information content (AvgIpc) is 3.23. The molecule has 0 aromatic carbocycles. The fraction of sp³-hybridized carbons (Fsp3) is 0.750. The number of tetrazole rings is 1. The van der Waals surface area contributed by atoms with E-state index >= 15 is 0 Å². The Kier molecular flexibility index (Phi) is 13.0. The summed E-state index contributed by atoms with van der Waals surface area (Å²) < 4.78 is 0. The summed E-state index contributed by atoms with van der Waals surface area (Å²) >= 11 is 0. The molecule has 2 aromatic rings. The number of hydrogen-bond donors (Lipinski definition) is 0. The molecule has 0 fully saturated rings. The minimum absolute atomic E-state index is 0.613. The van der Waals surface area contributed by atoms with Crippen LogP contribution >= 0.6 is 0 Å². The monoisotopic (exact) mass is 399 g/mol. The van der Waals surface area contributed by atoms with Gasteiger partial charge >= 0.3 is 0 Å². The summed E-state index contributed by atoms with van der Waals surface area (Å²) in [7, 11) is 0. The third-order valence-electron chi connectivity index (χ3n) is 5.56. The molecule has 0 atom stereocenters. The van der Waals surface area contributed by atoms with Crippen LogP contribution in [0.25, 0.3) is 11.5 Å². The highest BCUT2D eigenvalue weighted by atomic mass is 15.6. The van der Waals surface area contributed by atoms with Crippen LogP contribution < -0.4 is 0 Å². The zero-order chi connectivity index (χ0) is 20.4. The first-order valence-electron chi connectivity index (χ1n) is 12.1. The SMILES string of the molecule is CCCCCCCCCCCCCCCCCCn1nnc(-c2ccccn2)n1. The van der Waals surface area contributed by atoms with E-state index in [-0.39, 0.29) is 0 Å². The minimum Gasteiger partial charge on any atom is -0.253 e. The van der Waals surface area contributed by atoms with E-state index in [0.717, 1.165) is 18.7 Å². The molecule has 0 aliphatic rings. The minimum atomic E-state index is 0.613. The van der Waals surface area contributed by atoms with Crippen molar-refractivity contribution in [2.75, 3.05) is 0 Å². The van der Waals surface area contributed by atoms with Crippen molar-refractivity contribution in [1.29, 1.82) is 0 Å². The third-order valence-corrected chi connectivity index (χ3v) is 5.56. The lowest BCUT2D eigenvalue weighted by molar-refractivity contribution is 0.470. The summed E-state index contributed by atoms with van der Waals surface area (Å²) in [5.74, 6) is 0.613. The topological polar surface area (TPSA) is 56.5 Å². The van der Waals surface area contributed by atoms with Crippen LogP contribution in [0, 0.1) is 0 Å². The summed E-state index contributed by atoms with van der Waals surface area (Å²) in [5, 5.41) is 12.7. The second-order valence-corrected chi connectivity index (χ2v) is 8.23. The van der Waals surface area contributed by atoms with E-state index in [1.54, 1.807) is 11.0 Å². The Bertz CT molecular complexity index is 611. The summed E-state index contributed by atoms with van der Waals surface area (Å²) in [6, 6.07) is 5.75. The average molecular weight is 400 g/mol. The number of hydrogen-bond acceptors (Lipinski definition) is 4. The Morgan fingerprint density at radius 2 is 1.24 bits per heavy atom. The summed E-state index contributed by atoms with van der Waals surface area (Å²) in [4.78, 5) is 5.97. The van der Waals surface area contributed by atoms with Crippen LogP contribution in [0.1, 0.15) is 110 Å². The third kappa shape index (κ3) is 11.1. The Hall–Kier alpha value is -1.78. The smallest absolute Gasteiger partial charge is 0.223 e. The molecule has 0 aliphatic carbocycles. The number of rotatable bonds is 18. The lowest BCUT2D eigenvalue weighted by atomic mass is 10.0. The molecule has 5 heteroatoms. The van der Waals surface area contributed by atoms with Gasteiger partial charge in [0.1, 0.15) is 5.69 Å². The van der Waals surface area contributed by atoms with Crippen molar-refractivity contribution in [1.82, 2.24) is 25.2 Å². The van der Waals surface area contributed by atoms with E-state index in [4.69, 9.17) is 0 Å². The molecule has 0 aliphatic heterocycles. The Labute approximate surface area is 177 Å². The van der Waals surface area contributed by atoms with E-state index in [0.29, 0.717) is 5.82 Å². The van der Waals surface area contributed by atoms with Gasteiger partial charge in [0.2, 0.25) is 5.82 Å². The van der Waals surface area contributed by atoms with Crippen LogP contribution in [-0.2, 0) is 6.54 Å². The molecule has 2 rings (SSSR count). The second-order valence-electron chi connectivity index (χ2n) is 8.23. The normalized spacial score (nSPS) is 11.2. The molecule has 2 aromatic heterocycles. The Morgan fingerprint density at radius 3 is 1.76 bits per heavy atom. The maximum Gasteiger partial charge on any atom is 0.223 e. The van der Waals surface area contributed by atoms with Crippen molar-refractivity contribution < 1.29 is 0 Å². The van der Waals surface area contributed by atoms with E-state index in [9.17, 15) is 0 Å². The fourth-order valence-corrected chi connectivity index (χ4v) is 3.74. The highest BCUT2D eigenvalue weighted by Crippen LogP contribution is 2.14. The fourth-order valence-electron chi connectivity index (χ4n) is 3.74. The van der Waals surface area contributed by atoms with Crippen molar-refractivity contribution in [3.8, 4) is 11.5 Å². The molecule has 0 unspecified atom stereocenters. The molecule has 0 N–H and O–H groups in total. The lowest BCUT2D eigenvalue weighted by Crippen LogP contribution is -2.02. The van der Waals surface area contributed by atoms with Crippen molar-refractivity contribution in [2.45, 2.75) is 116 Å². The van der Waals surface area contributed by atoms with Gasteiger partial charge in [0.05, 0.1) is 6.54 Å². The zero-order valence-corrected chi connectivity index (χ0v) is 18.6. The van der Waals surface area contributed by atoms with Gasteiger partial charge in [-0.05, 0) is 23.8 Å². The molecular formula is C24H41N5. The number of pyridine rings is 1. The van der Waals surface area contributed by atoms with Crippen LogP contribution in [0.3, 0.4) is 0 Å². The molecule has 0 amide bonds.